The van der Waals surface area contributed by atoms with Gasteiger partial charge in [0.05, 0.1) is 6.04 Å². The summed E-state index contributed by atoms with van der Waals surface area (Å²) in [5.41, 5.74) is 5.91. The number of carbonyl (C=O) groups is 3. The molecular formula is C41H81N3O6. The van der Waals surface area contributed by atoms with E-state index in [1.165, 1.54) is 135 Å². The summed E-state index contributed by atoms with van der Waals surface area (Å²) < 4.78 is 11.5. The molecule has 2 unspecified atom stereocenters. The summed E-state index contributed by atoms with van der Waals surface area (Å²) in [7, 11) is 0. The van der Waals surface area contributed by atoms with E-state index in [9.17, 15) is 14.4 Å². The normalized spacial score (nSPS) is 12.5. The van der Waals surface area contributed by atoms with Crippen LogP contribution in [0.15, 0.2) is 0 Å². The molecule has 0 saturated heterocycles. The molecule has 0 saturated carbocycles. The number of carboxylic acid groups (broad SMARTS) is 1. The molecule has 0 bridgehead atoms. The van der Waals surface area contributed by atoms with Crippen LogP contribution in [0.4, 0.5) is 0 Å². The van der Waals surface area contributed by atoms with E-state index in [0.29, 0.717) is 26.0 Å². The van der Waals surface area contributed by atoms with Crippen LogP contribution in [0.2, 0.25) is 0 Å². The molecule has 0 aromatic heterocycles. The predicted octanol–water partition coefficient (Wildman–Crippen LogP) is 10.1. The third-order valence-electron chi connectivity index (χ3n) is 9.53. The molecule has 5 N–H and O–H groups in total. The highest BCUT2D eigenvalue weighted by Gasteiger charge is 2.19. The number of carbonyl (C=O) groups excluding carboxylic acids is 2. The Bertz CT molecular complexity index is 769. The lowest BCUT2D eigenvalue weighted by Crippen LogP contribution is -2.46. The van der Waals surface area contributed by atoms with E-state index in [-0.39, 0.29) is 25.5 Å². The van der Waals surface area contributed by atoms with Crippen LogP contribution < -0.4 is 16.4 Å². The summed E-state index contributed by atoms with van der Waals surface area (Å²) in [5, 5.41) is 14.7. The number of hydrogen-bond acceptors (Lipinski definition) is 6. The first-order valence-corrected chi connectivity index (χ1v) is 21.1. The van der Waals surface area contributed by atoms with Crippen LogP contribution in [0.3, 0.4) is 0 Å². The van der Waals surface area contributed by atoms with Gasteiger partial charge in [-0.15, -0.1) is 0 Å². The zero-order chi connectivity index (χ0) is 36.8. The van der Waals surface area contributed by atoms with Crippen molar-refractivity contribution in [3.8, 4) is 0 Å². The van der Waals surface area contributed by atoms with Gasteiger partial charge in [0.2, 0.25) is 11.8 Å². The van der Waals surface area contributed by atoms with Crippen LogP contribution in [0.5, 0.6) is 0 Å². The van der Waals surface area contributed by atoms with Crippen molar-refractivity contribution in [3.05, 3.63) is 0 Å². The quantitative estimate of drug-likeness (QED) is 0.0366. The van der Waals surface area contributed by atoms with Gasteiger partial charge in [-0.05, 0) is 38.5 Å². The van der Waals surface area contributed by atoms with Crippen LogP contribution in [-0.2, 0) is 23.9 Å². The average Bonchev–Trinajstić information content (AvgIpc) is 3.10. The lowest BCUT2D eigenvalue weighted by Gasteiger charge is -2.21. The van der Waals surface area contributed by atoms with Gasteiger partial charge in [0.15, 0.2) is 0 Å². The van der Waals surface area contributed by atoms with Gasteiger partial charge >= 0.3 is 5.97 Å². The smallest absolute Gasteiger partial charge is 0.303 e. The molecule has 2 amide bonds. The topological polar surface area (TPSA) is 140 Å². The summed E-state index contributed by atoms with van der Waals surface area (Å²) >= 11 is 0. The van der Waals surface area contributed by atoms with E-state index in [1.54, 1.807) is 0 Å². The van der Waals surface area contributed by atoms with Crippen molar-refractivity contribution in [1.82, 2.24) is 10.6 Å². The average molecular weight is 712 g/mol. The van der Waals surface area contributed by atoms with Gasteiger partial charge in [0.25, 0.3) is 0 Å². The number of aliphatic carboxylic acids is 1. The predicted molar refractivity (Wildman–Crippen MR) is 207 cm³/mol. The number of unbranched alkanes of at least 4 members (excludes halogenated alkanes) is 24. The number of nitrogens with two attached hydrogens (primary N) is 1. The van der Waals surface area contributed by atoms with Gasteiger partial charge in [0.1, 0.15) is 13.0 Å². The Morgan fingerprint density at radius 3 is 1.52 bits per heavy atom. The first-order chi connectivity index (χ1) is 24.4. The van der Waals surface area contributed by atoms with E-state index in [4.69, 9.17) is 20.3 Å². The highest BCUT2D eigenvalue weighted by molar-refractivity contribution is 5.82. The fourth-order valence-electron chi connectivity index (χ4n) is 6.18. The zero-order valence-corrected chi connectivity index (χ0v) is 32.8. The molecule has 2 atom stereocenters. The van der Waals surface area contributed by atoms with E-state index < -0.39 is 24.1 Å². The molecule has 0 aromatic carbocycles. The number of nitrogens with one attached hydrogen (secondary N) is 2. The van der Waals surface area contributed by atoms with Crippen molar-refractivity contribution in [2.75, 3.05) is 19.9 Å². The summed E-state index contributed by atoms with van der Waals surface area (Å²) in [6.07, 6.45) is 34.2. The first kappa shape index (κ1) is 48.3. The maximum Gasteiger partial charge on any atom is 0.303 e. The lowest BCUT2D eigenvalue weighted by molar-refractivity contribution is -0.138. The summed E-state index contributed by atoms with van der Waals surface area (Å²) in [4.78, 5) is 35.7. The molecule has 0 aliphatic heterocycles. The molecule has 0 rings (SSSR count). The minimum Gasteiger partial charge on any atom is -0.481 e. The van der Waals surface area contributed by atoms with E-state index in [2.05, 4.69) is 24.5 Å². The lowest BCUT2D eigenvalue weighted by atomic mass is 10.0. The second-order valence-electron chi connectivity index (χ2n) is 14.5. The summed E-state index contributed by atoms with van der Waals surface area (Å²) in [6.45, 7) is 5.79. The van der Waals surface area contributed by atoms with Gasteiger partial charge in [-0.25, -0.2) is 0 Å². The van der Waals surface area contributed by atoms with Crippen molar-refractivity contribution in [3.63, 3.8) is 0 Å². The van der Waals surface area contributed by atoms with Crippen molar-refractivity contribution >= 4 is 17.8 Å². The third kappa shape index (κ3) is 36.1. The summed E-state index contributed by atoms with van der Waals surface area (Å²) in [6, 6.07) is -0.913. The minimum atomic E-state index is -0.983. The Morgan fingerprint density at radius 1 is 0.580 bits per heavy atom. The number of hydrogen-bond donors (Lipinski definition) is 4. The van der Waals surface area contributed by atoms with Gasteiger partial charge in [-0.1, -0.05) is 162 Å². The van der Waals surface area contributed by atoms with E-state index in [0.717, 1.165) is 38.5 Å². The zero-order valence-electron chi connectivity index (χ0n) is 32.8. The second-order valence-corrected chi connectivity index (χ2v) is 14.5. The first-order valence-electron chi connectivity index (χ1n) is 21.1. The molecule has 0 aliphatic carbocycles. The van der Waals surface area contributed by atoms with Crippen molar-refractivity contribution in [1.29, 1.82) is 0 Å². The van der Waals surface area contributed by atoms with Crippen molar-refractivity contribution in [2.45, 2.75) is 225 Å². The standard InChI is InChI=1S/C41H81N3O6/c1-3-5-7-9-11-13-15-16-17-19-21-23-25-29-35-49-36-50-39(44-41(48)37(42)32-33-40(46)47)31-27-28-34-43-38(45)30-26-24-22-20-18-14-12-10-8-6-4-2/h37,39H,3-36,42H2,1-2H3,(H,43,45)(H,44,48)(H,46,47). The van der Waals surface area contributed by atoms with E-state index >= 15 is 0 Å². The largest absolute Gasteiger partial charge is 0.481 e. The molecule has 0 heterocycles. The molecule has 0 radical (unpaired) electrons. The SMILES string of the molecule is CCCCCCCCCCCCCCCCOCOC(CCCCNC(=O)CCCCCCCCCCCCC)NC(=O)C(N)CCC(=O)O. The van der Waals surface area contributed by atoms with Gasteiger partial charge in [-0.2, -0.15) is 0 Å². The van der Waals surface area contributed by atoms with Crippen LogP contribution in [0, 0.1) is 0 Å². The van der Waals surface area contributed by atoms with Crippen LogP contribution in [0.1, 0.15) is 213 Å². The second kappa shape index (κ2) is 38.5. The number of carboxylic acids is 1. The number of ether oxygens (including phenoxy) is 2. The molecule has 9 nitrogen and oxygen atoms in total. The maximum atomic E-state index is 12.6. The maximum absolute atomic E-state index is 12.6. The fraction of sp³-hybridized carbons (Fsp3) is 0.927. The molecule has 9 heteroatoms. The summed E-state index contributed by atoms with van der Waals surface area (Å²) in [5.74, 6) is -1.31. The molecule has 296 valence electrons. The molecule has 0 fully saturated rings. The van der Waals surface area contributed by atoms with Crippen LogP contribution in [-0.4, -0.2) is 55.1 Å². The number of amides is 2. The minimum absolute atomic E-state index is 0.0642. The Balaban J connectivity index is 4.05. The monoisotopic (exact) mass is 712 g/mol. The highest BCUT2D eigenvalue weighted by atomic mass is 16.7. The van der Waals surface area contributed by atoms with E-state index in [1.807, 2.05) is 0 Å². The van der Waals surface area contributed by atoms with Crippen molar-refractivity contribution < 1.29 is 29.0 Å². The third-order valence-corrected chi connectivity index (χ3v) is 9.53. The van der Waals surface area contributed by atoms with Crippen LogP contribution in [0.25, 0.3) is 0 Å². The van der Waals surface area contributed by atoms with Crippen LogP contribution >= 0.6 is 0 Å². The molecule has 0 spiro atoms. The van der Waals surface area contributed by atoms with Gasteiger partial charge < -0.3 is 30.9 Å². The molecule has 0 aliphatic rings. The Labute approximate surface area is 307 Å². The van der Waals surface area contributed by atoms with Gasteiger partial charge in [0, 0.05) is 26.0 Å². The highest BCUT2D eigenvalue weighted by Crippen LogP contribution is 2.14. The Hall–Kier alpha value is -1.71. The molecule has 0 aromatic rings. The van der Waals surface area contributed by atoms with Crippen molar-refractivity contribution in [2.24, 2.45) is 5.73 Å². The molecular weight excluding hydrogens is 630 g/mol. The van der Waals surface area contributed by atoms with Gasteiger partial charge in [-0.3, -0.25) is 14.4 Å². The number of rotatable bonds is 40. The fourth-order valence-corrected chi connectivity index (χ4v) is 6.18. The Morgan fingerprint density at radius 2 is 1.04 bits per heavy atom. The Kier molecular flexibility index (Phi) is 37.2. The molecule has 50 heavy (non-hydrogen) atoms.